The highest BCUT2D eigenvalue weighted by Crippen LogP contribution is 2.31. The summed E-state index contributed by atoms with van der Waals surface area (Å²) in [6.07, 6.45) is -0.841. The Labute approximate surface area is 158 Å². The van der Waals surface area contributed by atoms with E-state index >= 15 is 0 Å². The molecule has 6 heteroatoms. The Hall–Kier alpha value is -3.02. The molecule has 0 bridgehead atoms. The third-order valence-corrected chi connectivity index (χ3v) is 4.36. The third kappa shape index (κ3) is 4.58. The SMILES string of the molecule is Cc1cccc(C)c1NC(=O)C(C)OC(=O)Cc1ccc2c(c1)OCCO2. The molecule has 0 radical (unpaired) electrons. The van der Waals surface area contributed by atoms with Crippen molar-refractivity contribution >= 4 is 17.6 Å². The topological polar surface area (TPSA) is 73.9 Å². The molecule has 27 heavy (non-hydrogen) atoms. The van der Waals surface area contributed by atoms with E-state index in [0.717, 1.165) is 22.4 Å². The number of esters is 1. The molecule has 0 saturated heterocycles. The van der Waals surface area contributed by atoms with Gasteiger partial charge in [-0.05, 0) is 49.6 Å². The molecular weight excluding hydrogens is 346 g/mol. The van der Waals surface area contributed by atoms with Crippen molar-refractivity contribution in [3.63, 3.8) is 0 Å². The first kappa shape index (κ1) is 18.8. The van der Waals surface area contributed by atoms with Gasteiger partial charge in [-0.1, -0.05) is 24.3 Å². The molecule has 0 saturated carbocycles. The Morgan fingerprint density at radius 1 is 1.07 bits per heavy atom. The fourth-order valence-corrected chi connectivity index (χ4v) is 2.89. The lowest BCUT2D eigenvalue weighted by molar-refractivity contribution is -0.152. The highest BCUT2D eigenvalue weighted by molar-refractivity contribution is 5.96. The molecule has 0 aromatic heterocycles. The average molecular weight is 369 g/mol. The van der Waals surface area contributed by atoms with Crippen LogP contribution in [0.3, 0.4) is 0 Å². The Bertz CT molecular complexity index is 841. The highest BCUT2D eigenvalue weighted by atomic mass is 16.6. The van der Waals surface area contributed by atoms with Gasteiger partial charge in [0.2, 0.25) is 0 Å². The number of para-hydroxylation sites is 1. The second kappa shape index (κ2) is 8.12. The van der Waals surface area contributed by atoms with Crippen molar-refractivity contribution in [1.29, 1.82) is 0 Å². The lowest BCUT2D eigenvalue weighted by Crippen LogP contribution is -2.31. The van der Waals surface area contributed by atoms with Crippen LogP contribution < -0.4 is 14.8 Å². The zero-order valence-corrected chi connectivity index (χ0v) is 15.7. The van der Waals surface area contributed by atoms with Crippen LogP contribution in [0.2, 0.25) is 0 Å². The molecule has 6 nitrogen and oxygen atoms in total. The van der Waals surface area contributed by atoms with Gasteiger partial charge in [0.15, 0.2) is 17.6 Å². The predicted octanol–water partition coefficient (Wildman–Crippen LogP) is 3.19. The van der Waals surface area contributed by atoms with Crippen LogP contribution in [0.25, 0.3) is 0 Å². The maximum absolute atomic E-state index is 12.4. The van der Waals surface area contributed by atoms with Gasteiger partial charge in [-0.3, -0.25) is 9.59 Å². The van der Waals surface area contributed by atoms with E-state index in [-0.39, 0.29) is 12.3 Å². The van der Waals surface area contributed by atoms with Crippen molar-refractivity contribution in [2.45, 2.75) is 33.3 Å². The molecule has 1 unspecified atom stereocenters. The molecule has 1 heterocycles. The number of fused-ring (bicyclic) bond motifs is 1. The lowest BCUT2D eigenvalue weighted by Gasteiger charge is -2.19. The predicted molar refractivity (Wildman–Crippen MR) is 101 cm³/mol. The number of anilines is 1. The van der Waals surface area contributed by atoms with E-state index in [0.29, 0.717) is 24.7 Å². The van der Waals surface area contributed by atoms with Crippen LogP contribution in [0.4, 0.5) is 5.69 Å². The zero-order chi connectivity index (χ0) is 19.4. The molecular formula is C21H23NO5. The summed E-state index contributed by atoms with van der Waals surface area (Å²) in [6.45, 7) is 6.39. The maximum Gasteiger partial charge on any atom is 0.311 e. The monoisotopic (exact) mass is 369 g/mol. The molecule has 0 aliphatic carbocycles. The molecule has 142 valence electrons. The fourth-order valence-electron chi connectivity index (χ4n) is 2.89. The summed E-state index contributed by atoms with van der Waals surface area (Å²) in [5.74, 6) is 0.450. The smallest absolute Gasteiger partial charge is 0.311 e. The van der Waals surface area contributed by atoms with Crippen LogP contribution in [0, 0.1) is 13.8 Å². The number of ether oxygens (including phenoxy) is 3. The van der Waals surface area contributed by atoms with Crippen molar-refractivity contribution in [1.82, 2.24) is 0 Å². The maximum atomic E-state index is 12.4. The summed E-state index contributed by atoms with van der Waals surface area (Å²) in [5, 5.41) is 2.84. The first-order valence-electron chi connectivity index (χ1n) is 8.89. The molecule has 1 atom stereocenters. The molecule has 2 aromatic carbocycles. The van der Waals surface area contributed by atoms with Gasteiger partial charge in [0.1, 0.15) is 13.2 Å². The first-order valence-corrected chi connectivity index (χ1v) is 8.89. The lowest BCUT2D eigenvalue weighted by atomic mass is 10.1. The van der Waals surface area contributed by atoms with Crippen molar-refractivity contribution < 1.29 is 23.8 Å². The van der Waals surface area contributed by atoms with E-state index in [4.69, 9.17) is 14.2 Å². The van der Waals surface area contributed by atoms with Crippen LogP contribution >= 0.6 is 0 Å². The fraction of sp³-hybridized carbons (Fsp3) is 0.333. The highest BCUT2D eigenvalue weighted by Gasteiger charge is 2.20. The van der Waals surface area contributed by atoms with E-state index in [2.05, 4.69) is 5.32 Å². The van der Waals surface area contributed by atoms with Gasteiger partial charge < -0.3 is 19.5 Å². The van der Waals surface area contributed by atoms with Crippen molar-refractivity contribution in [2.75, 3.05) is 18.5 Å². The molecule has 2 aromatic rings. The average Bonchev–Trinajstić information content (AvgIpc) is 2.64. The minimum Gasteiger partial charge on any atom is -0.486 e. The molecule has 1 aliphatic rings. The van der Waals surface area contributed by atoms with Crippen molar-refractivity contribution in [3.8, 4) is 11.5 Å². The standard InChI is InChI=1S/C21H23NO5/c1-13-5-4-6-14(2)20(13)22-21(24)15(3)27-19(23)12-16-7-8-17-18(11-16)26-10-9-25-17/h4-8,11,15H,9-10,12H2,1-3H3,(H,22,24). The van der Waals surface area contributed by atoms with E-state index in [1.54, 1.807) is 25.1 Å². The zero-order valence-electron chi connectivity index (χ0n) is 15.7. The molecule has 3 rings (SSSR count). The number of hydrogen-bond acceptors (Lipinski definition) is 5. The van der Waals surface area contributed by atoms with Gasteiger partial charge >= 0.3 is 5.97 Å². The molecule has 0 fully saturated rings. The van der Waals surface area contributed by atoms with Crippen molar-refractivity contribution in [2.24, 2.45) is 0 Å². The number of hydrogen-bond donors (Lipinski definition) is 1. The Morgan fingerprint density at radius 2 is 1.74 bits per heavy atom. The van der Waals surface area contributed by atoms with Gasteiger partial charge in [-0.15, -0.1) is 0 Å². The Morgan fingerprint density at radius 3 is 2.44 bits per heavy atom. The number of carbonyl (C=O) groups excluding carboxylic acids is 2. The molecule has 1 aliphatic heterocycles. The normalized spacial score (nSPS) is 13.6. The number of carbonyl (C=O) groups is 2. The summed E-state index contributed by atoms with van der Waals surface area (Å²) < 4.78 is 16.3. The first-order chi connectivity index (χ1) is 12.9. The Kier molecular flexibility index (Phi) is 5.64. The van der Waals surface area contributed by atoms with E-state index in [1.165, 1.54) is 0 Å². The van der Waals surface area contributed by atoms with Crippen LogP contribution in [0.5, 0.6) is 11.5 Å². The van der Waals surface area contributed by atoms with Gasteiger partial charge in [0.05, 0.1) is 6.42 Å². The number of benzene rings is 2. The number of rotatable bonds is 5. The van der Waals surface area contributed by atoms with Gasteiger partial charge in [0.25, 0.3) is 5.91 Å². The van der Waals surface area contributed by atoms with Gasteiger partial charge in [-0.25, -0.2) is 0 Å². The van der Waals surface area contributed by atoms with Crippen molar-refractivity contribution in [3.05, 3.63) is 53.1 Å². The van der Waals surface area contributed by atoms with Crippen LogP contribution in [-0.2, 0) is 20.7 Å². The third-order valence-electron chi connectivity index (χ3n) is 4.36. The van der Waals surface area contributed by atoms with E-state index in [9.17, 15) is 9.59 Å². The van der Waals surface area contributed by atoms with E-state index in [1.807, 2.05) is 32.0 Å². The quantitative estimate of drug-likeness (QED) is 0.820. The summed E-state index contributed by atoms with van der Waals surface area (Å²) >= 11 is 0. The summed E-state index contributed by atoms with van der Waals surface area (Å²) in [4.78, 5) is 24.6. The molecule has 0 spiro atoms. The Balaban J connectivity index is 1.58. The molecule has 1 N–H and O–H groups in total. The van der Waals surface area contributed by atoms with Gasteiger partial charge in [0, 0.05) is 5.69 Å². The summed E-state index contributed by atoms with van der Waals surface area (Å²) in [7, 11) is 0. The molecule has 1 amide bonds. The largest absolute Gasteiger partial charge is 0.486 e. The summed E-state index contributed by atoms with van der Waals surface area (Å²) in [6, 6.07) is 11.1. The second-order valence-corrected chi connectivity index (χ2v) is 6.54. The summed E-state index contributed by atoms with van der Waals surface area (Å²) in [5.41, 5.74) is 3.40. The minimum atomic E-state index is -0.895. The second-order valence-electron chi connectivity index (χ2n) is 6.54. The number of amides is 1. The van der Waals surface area contributed by atoms with E-state index < -0.39 is 12.1 Å². The van der Waals surface area contributed by atoms with Crippen LogP contribution in [0.1, 0.15) is 23.6 Å². The number of aryl methyl sites for hydroxylation is 2. The van der Waals surface area contributed by atoms with Gasteiger partial charge in [-0.2, -0.15) is 0 Å². The number of nitrogens with one attached hydrogen (secondary N) is 1. The van der Waals surface area contributed by atoms with Crippen LogP contribution in [0.15, 0.2) is 36.4 Å². The van der Waals surface area contributed by atoms with Crippen LogP contribution in [-0.4, -0.2) is 31.2 Å². The minimum absolute atomic E-state index is 0.0532.